The second-order valence-corrected chi connectivity index (χ2v) is 6.70. The van der Waals surface area contributed by atoms with Gasteiger partial charge in [0.05, 0.1) is 10.7 Å². The molecule has 1 aromatic carbocycles. The van der Waals surface area contributed by atoms with Crippen LogP contribution in [-0.4, -0.2) is 24.2 Å². The Labute approximate surface area is 135 Å². The smallest absolute Gasteiger partial charge is 0.119 e. The van der Waals surface area contributed by atoms with E-state index in [1.165, 1.54) is 4.88 Å². The van der Waals surface area contributed by atoms with Gasteiger partial charge in [0.2, 0.25) is 0 Å². The summed E-state index contributed by atoms with van der Waals surface area (Å²) in [5.41, 5.74) is 1.13. The van der Waals surface area contributed by atoms with Gasteiger partial charge in [-0.15, -0.1) is 11.3 Å². The van der Waals surface area contributed by atoms with Gasteiger partial charge < -0.3 is 10.1 Å². The summed E-state index contributed by atoms with van der Waals surface area (Å²) in [5.74, 6) is 0.841. The van der Waals surface area contributed by atoms with E-state index in [1.54, 1.807) is 11.3 Å². The fraction of sp³-hybridized carbons (Fsp3) is 0.438. The average molecular weight is 325 g/mol. The fourth-order valence-corrected chi connectivity index (χ4v) is 3.18. The summed E-state index contributed by atoms with van der Waals surface area (Å²) >= 11 is 7.64. The van der Waals surface area contributed by atoms with Gasteiger partial charge in [-0.05, 0) is 44.7 Å². The lowest BCUT2D eigenvalue weighted by Gasteiger charge is -2.17. The molecule has 0 saturated heterocycles. The van der Waals surface area contributed by atoms with Crippen LogP contribution in [0.5, 0.6) is 5.75 Å². The minimum Gasteiger partial charge on any atom is -0.492 e. The number of thiazole rings is 1. The van der Waals surface area contributed by atoms with Gasteiger partial charge in [0, 0.05) is 22.4 Å². The molecule has 2 aromatic rings. The summed E-state index contributed by atoms with van der Waals surface area (Å²) in [6.45, 7) is 7.81. The van der Waals surface area contributed by atoms with Crippen LogP contribution in [0.15, 0.2) is 24.3 Å². The number of halogens is 1. The van der Waals surface area contributed by atoms with Crippen molar-refractivity contribution in [3.8, 4) is 5.75 Å². The first-order chi connectivity index (χ1) is 10.1. The van der Waals surface area contributed by atoms with Crippen molar-refractivity contribution >= 4 is 22.9 Å². The van der Waals surface area contributed by atoms with E-state index in [2.05, 4.69) is 31.1 Å². The summed E-state index contributed by atoms with van der Waals surface area (Å²) < 4.78 is 5.84. The quantitative estimate of drug-likeness (QED) is 0.835. The molecule has 1 N–H and O–H groups in total. The molecule has 1 unspecified atom stereocenters. The Morgan fingerprint density at radius 1 is 1.29 bits per heavy atom. The summed E-state index contributed by atoms with van der Waals surface area (Å²) in [5, 5.41) is 5.34. The Bertz CT molecular complexity index is 549. The number of nitrogens with one attached hydrogen (secondary N) is 1. The van der Waals surface area contributed by atoms with Crippen molar-refractivity contribution in [3.05, 3.63) is 44.9 Å². The van der Waals surface area contributed by atoms with E-state index < -0.39 is 0 Å². The molecule has 21 heavy (non-hydrogen) atoms. The Morgan fingerprint density at radius 2 is 2.00 bits per heavy atom. The third kappa shape index (κ3) is 4.99. The Balaban J connectivity index is 1.93. The molecule has 3 nitrogen and oxygen atoms in total. The molecule has 1 heterocycles. The van der Waals surface area contributed by atoms with E-state index in [1.807, 2.05) is 24.3 Å². The number of aryl methyl sites for hydroxylation is 2. The maximum absolute atomic E-state index is 5.87. The van der Waals surface area contributed by atoms with Gasteiger partial charge in [-0.2, -0.15) is 0 Å². The van der Waals surface area contributed by atoms with Gasteiger partial charge in [-0.3, -0.25) is 0 Å². The average Bonchev–Trinajstić information content (AvgIpc) is 2.76. The number of ether oxygens (including phenoxy) is 1. The van der Waals surface area contributed by atoms with Crippen LogP contribution in [0.2, 0.25) is 5.02 Å². The zero-order chi connectivity index (χ0) is 15.2. The van der Waals surface area contributed by atoms with E-state index in [4.69, 9.17) is 16.3 Å². The van der Waals surface area contributed by atoms with Crippen molar-refractivity contribution < 1.29 is 4.74 Å². The van der Waals surface area contributed by atoms with Crippen molar-refractivity contribution in [1.29, 1.82) is 0 Å². The van der Waals surface area contributed by atoms with Crippen LogP contribution in [0, 0.1) is 13.8 Å². The predicted molar refractivity (Wildman–Crippen MR) is 89.7 cm³/mol. The van der Waals surface area contributed by atoms with Gasteiger partial charge in [0.15, 0.2) is 0 Å². The topological polar surface area (TPSA) is 34.1 Å². The molecule has 0 bridgehead atoms. The molecule has 0 saturated carbocycles. The number of benzene rings is 1. The number of likely N-dealkylation sites (N-methyl/N-ethyl adjacent to an activating group) is 1. The van der Waals surface area contributed by atoms with Crippen LogP contribution < -0.4 is 10.1 Å². The highest BCUT2D eigenvalue weighted by Crippen LogP contribution is 2.19. The molecule has 0 aliphatic heterocycles. The molecule has 0 fully saturated rings. The molecule has 0 radical (unpaired) electrons. The second kappa shape index (κ2) is 7.78. The molecular formula is C16H21ClN2OS. The van der Waals surface area contributed by atoms with E-state index in [9.17, 15) is 0 Å². The Kier molecular flexibility index (Phi) is 6.03. The first-order valence-corrected chi connectivity index (χ1v) is 8.32. The molecule has 2 rings (SSSR count). The molecule has 0 amide bonds. The number of rotatable bonds is 7. The summed E-state index contributed by atoms with van der Waals surface area (Å²) in [7, 11) is 0. The lowest BCUT2D eigenvalue weighted by Crippen LogP contribution is -2.36. The maximum Gasteiger partial charge on any atom is 0.119 e. The summed E-state index contributed by atoms with van der Waals surface area (Å²) in [4.78, 5) is 5.89. The molecule has 0 spiro atoms. The fourth-order valence-electron chi connectivity index (χ4n) is 2.04. The Morgan fingerprint density at radius 3 is 2.57 bits per heavy atom. The molecule has 0 aliphatic carbocycles. The van der Waals surface area contributed by atoms with Gasteiger partial charge in [-0.1, -0.05) is 18.5 Å². The summed E-state index contributed by atoms with van der Waals surface area (Å²) in [6.07, 6.45) is 0.890. The standard InChI is InChI=1S/C16H21ClN2OS/c1-4-18-14(9-16-19-11(2)12(3)21-16)10-20-15-7-5-13(17)6-8-15/h5-8,14,18H,4,9-10H2,1-3H3. The SMILES string of the molecule is CCNC(COc1ccc(Cl)cc1)Cc1nc(C)c(C)s1. The third-order valence-electron chi connectivity index (χ3n) is 3.25. The lowest BCUT2D eigenvalue weighted by atomic mass is 10.2. The lowest BCUT2D eigenvalue weighted by molar-refractivity contribution is 0.264. The van der Waals surface area contributed by atoms with Crippen LogP contribution in [0.4, 0.5) is 0 Å². The van der Waals surface area contributed by atoms with Crippen molar-refractivity contribution in [1.82, 2.24) is 10.3 Å². The van der Waals surface area contributed by atoms with Gasteiger partial charge in [-0.25, -0.2) is 4.98 Å². The molecule has 5 heteroatoms. The van der Waals surface area contributed by atoms with Crippen LogP contribution in [0.1, 0.15) is 22.5 Å². The minimum absolute atomic E-state index is 0.260. The van der Waals surface area contributed by atoms with E-state index >= 15 is 0 Å². The largest absolute Gasteiger partial charge is 0.492 e. The number of hydrogen-bond donors (Lipinski definition) is 1. The van der Waals surface area contributed by atoms with Gasteiger partial charge in [0.1, 0.15) is 12.4 Å². The minimum atomic E-state index is 0.260. The van der Waals surface area contributed by atoms with Crippen molar-refractivity contribution in [2.45, 2.75) is 33.2 Å². The third-order valence-corrected chi connectivity index (χ3v) is 4.60. The zero-order valence-corrected chi connectivity index (χ0v) is 14.2. The van der Waals surface area contributed by atoms with Gasteiger partial charge >= 0.3 is 0 Å². The monoisotopic (exact) mass is 324 g/mol. The molecule has 1 atom stereocenters. The normalized spacial score (nSPS) is 12.4. The van der Waals surface area contributed by atoms with Crippen LogP contribution in [0.25, 0.3) is 0 Å². The van der Waals surface area contributed by atoms with Crippen molar-refractivity contribution in [2.75, 3.05) is 13.2 Å². The molecular weight excluding hydrogens is 304 g/mol. The van der Waals surface area contributed by atoms with Crippen molar-refractivity contribution in [3.63, 3.8) is 0 Å². The Hall–Kier alpha value is -1.10. The van der Waals surface area contributed by atoms with Crippen LogP contribution in [-0.2, 0) is 6.42 Å². The summed E-state index contributed by atoms with van der Waals surface area (Å²) in [6, 6.07) is 7.72. The first kappa shape index (κ1) is 16.3. The first-order valence-electron chi connectivity index (χ1n) is 7.13. The van der Waals surface area contributed by atoms with Gasteiger partial charge in [0.25, 0.3) is 0 Å². The second-order valence-electron chi connectivity index (χ2n) is 4.97. The van der Waals surface area contributed by atoms with Crippen LogP contribution in [0.3, 0.4) is 0 Å². The highest BCUT2D eigenvalue weighted by Gasteiger charge is 2.13. The zero-order valence-electron chi connectivity index (χ0n) is 12.6. The molecule has 0 aliphatic rings. The number of nitrogens with zero attached hydrogens (tertiary/aromatic N) is 1. The number of aromatic nitrogens is 1. The van der Waals surface area contributed by atoms with Crippen molar-refractivity contribution in [2.24, 2.45) is 0 Å². The highest BCUT2D eigenvalue weighted by atomic mass is 35.5. The number of hydrogen-bond acceptors (Lipinski definition) is 4. The van der Waals surface area contributed by atoms with E-state index in [0.717, 1.165) is 34.4 Å². The molecule has 114 valence electrons. The predicted octanol–water partition coefficient (Wildman–Crippen LogP) is 4.01. The van der Waals surface area contributed by atoms with E-state index in [0.29, 0.717) is 6.61 Å². The van der Waals surface area contributed by atoms with Crippen LogP contribution >= 0.6 is 22.9 Å². The maximum atomic E-state index is 5.87. The highest BCUT2D eigenvalue weighted by molar-refractivity contribution is 7.11. The van der Waals surface area contributed by atoms with E-state index in [-0.39, 0.29) is 6.04 Å². The molecule has 1 aromatic heterocycles.